The van der Waals surface area contributed by atoms with Crippen molar-refractivity contribution in [1.82, 2.24) is 14.7 Å². The monoisotopic (exact) mass is 426 g/mol. The Labute approximate surface area is 185 Å². The van der Waals surface area contributed by atoms with Crippen LogP contribution >= 0.6 is 0 Å². The predicted molar refractivity (Wildman–Crippen MR) is 120 cm³/mol. The van der Waals surface area contributed by atoms with Crippen LogP contribution in [0.15, 0.2) is 24.3 Å². The van der Waals surface area contributed by atoms with Crippen LogP contribution in [-0.4, -0.2) is 84.8 Å². The third-order valence-corrected chi connectivity index (χ3v) is 6.93. The van der Waals surface area contributed by atoms with Crippen LogP contribution in [0.5, 0.6) is 0 Å². The summed E-state index contributed by atoms with van der Waals surface area (Å²) in [7, 11) is 1.76. The van der Waals surface area contributed by atoms with Crippen molar-refractivity contribution in [2.24, 2.45) is 5.92 Å². The van der Waals surface area contributed by atoms with Crippen molar-refractivity contribution >= 4 is 23.4 Å². The molecule has 31 heavy (non-hydrogen) atoms. The fraction of sp³-hybridized carbons (Fsp3) is 0.625. The van der Waals surface area contributed by atoms with Gasteiger partial charge in [-0.15, -0.1) is 0 Å². The molecule has 4 rings (SSSR count). The lowest BCUT2D eigenvalue weighted by Crippen LogP contribution is -2.56. The average molecular weight is 427 g/mol. The number of piperidine rings is 1. The van der Waals surface area contributed by atoms with Crippen molar-refractivity contribution < 1.29 is 14.4 Å². The first-order valence-electron chi connectivity index (χ1n) is 11.7. The molecule has 7 nitrogen and oxygen atoms in total. The van der Waals surface area contributed by atoms with E-state index in [1.807, 2.05) is 41.0 Å². The van der Waals surface area contributed by atoms with Crippen LogP contribution in [-0.2, 0) is 9.59 Å². The highest BCUT2D eigenvalue weighted by Gasteiger charge is 2.35. The molecule has 1 unspecified atom stereocenters. The van der Waals surface area contributed by atoms with Gasteiger partial charge in [0.25, 0.3) is 5.91 Å². The number of amides is 3. The van der Waals surface area contributed by atoms with Crippen molar-refractivity contribution in [3.05, 3.63) is 29.8 Å². The Morgan fingerprint density at radius 1 is 0.903 bits per heavy atom. The van der Waals surface area contributed by atoms with E-state index >= 15 is 0 Å². The fourth-order valence-corrected chi connectivity index (χ4v) is 4.69. The maximum Gasteiger partial charge on any atom is 0.256 e. The number of rotatable bonds is 5. The topological polar surface area (TPSA) is 64.2 Å². The number of likely N-dealkylation sites (tertiary alicyclic amines) is 1. The van der Waals surface area contributed by atoms with Crippen molar-refractivity contribution in [2.45, 2.75) is 45.1 Å². The first kappa shape index (κ1) is 21.8. The molecule has 7 heteroatoms. The van der Waals surface area contributed by atoms with Gasteiger partial charge in [-0.1, -0.05) is 12.1 Å². The van der Waals surface area contributed by atoms with E-state index in [1.165, 1.54) is 6.42 Å². The van der Waals surface area contributed by atoms with Crippen LogP contribution in [0.4, 0.5) is 5.69 Å². The van der Waals surface area contributed by atoms with E-state index in [-0.39, 0.29) is 29.7 Å². The van der Waals surface area contributed by atoms with E-state index in [0.717, 1.165) is 38.8 Å². The van der Waals surface area contributed by atoms with Crippen LogP contribution in [0.25, 0.3) is 0 Å². The van der Waals surface area contributed by atoms with Crippen LogP contribution in [0.2, 0.25) is 0 Å². The summed E-state index contributed by atoms with van der Waals surface area (Å²) in [5.41, 5.74) is 1.25. The number of anilines is 1. The van der Waals surface area contributed by atoms with Crippen LogP contribution < -0.4 is 4.90 Å². The Balaban J connectivity index is 1.37. The molecule has 1 aromatic carbocycles. The van der Waals surface area contributed by atoms with Crippen LogP contribution in [0.3, 0.4) is 0 Å². The molecule has 168 valence electrons. The van der Waals surface area contributed by atoms with E-state index in [1.54, 1.807) is 11.9 Å². The van der Waals surface area contributed by atoms with Gasteiger partial charge < -0.3 is 14.7 Å². The number of benzene rings is 1. The van der Waals surface area contributed by atoms with Gasteiger partial charge in [-0.2, -0.15) is 0 Å². The number of carbonyl (C=O) groups excluding carboxylic acids is 3. The average Bonchev–Trinajstić information content (AvgIpc) is 3.68. The molecular formula is C24H34N4O3. The van der Waals surface area contributed by atoms with Crippen molar-refractivity contribution in [3.8, 4) is 0 Å². The number of hydrogen-bond acceptors (Lipinski definition) is 4. The first-order valence-corrected chi connectivity index (χ1v) is 11.7. The Morgan fingerprint density at radius 2 is 1.55 bits per heavy atom. The zero-order valence-electron chi connectivity index (χ0n) is 18.8. The summed E-state index contributed by atoms with van der Waals surface area (Å²) in [6.45, 7) is 6.27. The first-order chi connectivity index (χ1) is 15.0. The van der Waals surface area contributed by atoms with Gasteiger partial charge in [-0.05, 0) is 51.2 Å². The highest BCUT2D eigenvalue weighted by Crippen LogP contribution is 2.33. The fourth-order valence-electron chi connectivity index (χ4n) is 4.69. The Morgan fingerprint density at radius 3 is 2.19 bits per heavy atom. The second-order valence-corrected chi connectivity index (χ2v) is 9.08. The second-order valence-electron chi connectivity index (χ2n) is 9.08. The number of carbonyl (C=O) groups is 3. The van der Waals surface area contributed by atoms with E-state index in [0.29, 0.717) is 37.4 Å². The van der Waals surface area contributed by atoms with Gasteiger partial charge in [0.1, 0.15) is 0 Å². The second kappa shape index (κ2) is 9.39. The number of hydrogen-bond donors (Lipinski definition) is 0. The van der Waals surface area contributed by atoms with Crippen molar-refractivity contribution in [2.75, 3.05) is 51.2 Å². The van der Waals surface area contributed by atoms with Crippen molar-refractivity contribution in [3.63, 3.8) is 0 Å². The molecule has 2 aliphatic heterocycles. The Hall–Kier alpha value is -2.41. The molecule has 1 atom stereocenters. The molecule has 2 heterocycles. The summed E-state index contributed by atoms with van der Waals surface area (Å²) in [4.78, 5) is 46.3. The minimum absolute atomic E-state index is 0.0410. The summed E-state index contributed by atoms with van der Waals surface area (Å²) in [6.07, 6.45) is 5.28. The number of nitrogens with zero attached hydrogens (tertiary/aromatic N) is 4. The van der Waals surface area contributed by atoms with Crippen molar-refractivity contribution in [1.29, 1.82) is 0 Å². The molecule has 0 aromatic heterocycles. The molecule has 3 aliphatic rings. The molecule has 0 spiro atoms. The molecule has 3 fully saturated rings. The van der Waals surface area contributed by atoms with Gasteiger partial charge in [0.05, 0.1) is 17.3 Å². The zero-order valence-corrected chi connectivity index (χ0v) is 18.8. The third-order valence-electron chi connectivity index (χ3n) is 6.93. The molecule has 1 aromatic rings. The van der Waals surface area contributed by atoms with Crippen LogP contribution in [0.1, 0.15) is 49.4 Å². The molecule has 0 bridgehead atoms. The minimum Gasteiger partial charge on any atom is -0.341 e. The van der Waals surface area contributed by atoms with Gasteiger partial charge in [-0.25, -0.2) is 0 Å². The minimum atomic E-state index is -0.148. The van der Waals surface area contributed by atoms with Gasteiger partial charge >= 0.3 is 0 Å². The summed E-state index contributed by atoms with van der Waals surface area (Å²) in [5.74, 6) is 0.372. The van der Waals surface area contributed by atoms with Gasteiger partial charge in [0.15, 0.2) is 0 Å². The quantitative estimate of drug-likeness (QED) is 0.724. The molecule has 3 amide bonds. The van der Waals surface area contributed by atoms with Gasteiger partial charge in [-0.3, -0.25) is 19.3 Å². The van der Waals surface area contributed by atoms with Gasteiger partial charge in [0.2, 0.25) is 11.8 Å². The largest absolute Gasteiger partial charge is 0.341 e. The van der Waals surface area contributed by atoms with E-state index < -0.39 is 0 Å². The summed E-state index contributed by atoms with van der Waals surface area (Å²) < 4.78 is 0. The smallest absolute Gasteiger partial charge is 0.256 e. The molecule has 0 radical (unpaired) electrons. The molecular weight excluding hydrogens is 392 g/mol. The predicted octanol–water partition coefficient (Wildman–Crippen LogP) is 2.22. The molecule has 2 saturated heterocycles. The van der Waals surface area contributed by atoms with Gasteiger partial charge in [0, 0.05) is 52.2 Å². The lowest BCUT2D eigenvalue weighted by molar-refractivity contribution is -0.137. The normalized spacial score (nSPS) is 21.0. The molecule has 1 aliphatic carbocycles. The van der Waals surface area contributed by atoms with E-state index in [9.17, 15) is 14.4 Å². The summed E-state index contributed by atoms with van der Waals surface area (Å²) >= 11 is 0. The Bertz CT molecular complexity index is 824. The summed E-state index contributed by atoms with van der Waals surface area (Å²) in [5, 5.41) is 0. The molecule has 0 N–H and O–H groups in total. The maximum absolute atomic E-state index is 13.3. The Kier molecular flexibility index (Phi) is 6.60. The van der Waals surface area contributed by atoms with Crippen LogP contribution in [0, 0.1) is 5.92 Å². The SMILES string of the molecule is CC(C(=O)N1CCCCC1)N1CCN(C(=O)c2ccccc2N(C)C(=O)C2CC2)CC1. The van der Waals surface area contributed by atoms with E-state index in [4.69, 9.17) is 0 Å². The highest BCUT2D eigenvalue weighted by molar-refractivity contribution is 6.05. The standard InChI is InChI=1S/C24H34N4O3/c1-18(22(29)27-12-6-3-7-13-27)26-14-16-28(17-15-26)24(31)20-8-4-5-9-21(20)25(2)23(30)19-10-11-19/h4-5,8-9,18-19H,3,6-7,10-17H2,1-2H3. The lowest BCUT2D eigenvalue weighted by Gasteiger charge is -2.39. The molecule has 1 saturated carbocycles. The third kappa shape index (κ3) is 4.76. The summed E-state index contributed by atoms with van der Waals surface area (Å²) in [6, 6.07) is 7.23. The maximum atomic E-state index is 13.3. The number of para-hydroxylation sites is 1. The lowest BCUT2D eigenvalue weighted by atomic mass is 10.1. The number of piperazine rings is 1. The zero-order chi connectivity index (χ0) is 22.0. The highest BCUT2D eigenvalue weighted by atomic mass is 16.2. The van der Waals surface area contributed by atoms with E-state index in [2.05, 4.69) is 4.90 Å².